The average molecular weight is 249 g/mol. The lowest BCUT2D eigenvalue weighted by molar-refractivity contribution is 0.0952. The van der Waals surface area contributed by atoms with Crippen LogP contribution in [0.4, 0.5) is 5.82 Å². The fraction of sp³-hybridized carbons (Fsp3) is 0.571. The number of carbonyl (C=O) groups is 1. The van der Waals surface area contributed by atoms with E-state index in [-0.39, 0.29) is 5.91 Å². The molecule has 0 aliphatic rings. The Labute approximate surface area is 109 Å². The maximum absolute atomic E-state index is 12.0. The molecule has 1 heterocycles. The van der Waals surface area contributed by atoms with Crippen molar-refractivity contribution >= 4 is 11.7 Å². The molecule has 100 valence electrons. The van der Waals surface area contributed by atoms with Crippen LogP contribution >= 0.6 is 0 Å². The number of nitrogens with zero attached hydrogens (tertiary/aromatic N) is 1. The minimum atomic E-state index is -0.0534. The smallest absolute Gasteiger partial charge is 0.255 e. The molecule has 0 saturated heterocycles. The molecule has 1 rings (SSSR count). The molecule has 0 saturated carbocycles. The van der Waals surface area contributed by atoms with Gasteiger partial charge in [-0.3, -0.25) is 4.79 Å². The van der Waals surface area contributed by atoms with Crippen molar-refractivity contribution in [3.05, 3.63) is 23.9 Å². The summed E-state index contributed by atoms with van der Waals surface area (Å²) in [5.41, 5.74) is 0.620. The average Bonchev–Trinajstić information content (AvgIpc) is 2.36. The maximum atomic E-state index is 12.0. The SMILES string of the molecule is CCCNc1ncccc1C(=O)NCCC(C)C. The first-order valence-corrected chi connectivity index (χ1v) is 6.62. The Morgan fingerprint density at radius 1 is 1.39 bits per heavy atom. The Kier molecular flexibility index (Phi) is 6.19. The summed E-state index contributed by atoms with van der Waals surface area (Å²) < 4.78 is 0. The molecule has 0 unspecified atom stereocenters. The van der Waals surface area contributed by atoms with E-state index in [1.165, 1.54) is 0 Å². The van der Waals surface area contributed by atoms with Gasteiger partial charge in [-0.15, -0.1) is 0 Å². The van der Waals surface area contributed by atoms with Gasteiger partial charge in [-0.25, -0.2) is 4.98 Å². The van der Waals surface area contributed by atoms with Crippen LogP contribution < -0.4 is 10.6 Å². The molecular weight excluding hydrogens is 226 g/mol. The molecule has 0 aliphatic carbocycles. The molecule has 1 amide bonds. The summed E-state index contributed by atoms with van der Waals surface area (Å²) in [5.74, 6) is 1.21. The summed E-state index contributed by atoms with van der Waals surface area (Å²) in [7, 11) is 0. The molecule has 0 aliphatic heterocycles. The van der Waals surface area contributed by atoms with Crippen molar-refractivity contribution < 1.29 is 4.79 Å². The van der Waals surface area contributed by atoms with E-state index < -0.39 is 0 Å². The van der Waals surface area contributed by atoms with Gasteiger partial charge in [-0.05, 0) is 30.9 Å². The summed E-state index contributed by atoms with van der Waals surface area (Å²) >= 11 is 0. The standard InChI is InChI=1S/C14H23N3O/c1-4-8-15-13-12(6-5-9-16-13)14(18)17-10-7-11(2)3/h5-6,9,11H,4,7-8,10H2,1-3H3,(H,15,16)(H,17,18). The van der Waals surface area contributed by atoms with Crippen LogP contribution in [-0.2, 0) is 0 Å². The fourth-order valence-electron chi connectivity index (χ4n) is 1.54. The van der Waals surface area contributed by atoms with Crippen LogP contribution in [0.5, 0.6) is 0 Å². The zero-order valence-corrected chi connectivity index (χ0v) is 11.5. The highest BCUT2D eigenvalue weighted by Crippen LogP contribution is 2.11. The number of rotatable bonds is 7. The zero-order valence-electron chi connectivity index (χ0n) is 11.5. The first kappa shape index (κ1) is 14.5. The molecule has 2 N–H and O–H groups in total. The molecule has 0 radical (unpaired) electrons. The van der Waals surface area contributed by atoms with Crippen molar-refractivity contribution in [2.75, 3.05) is 18.4 Å². The van der Waals surface area contributed by atoms with Crippen molar-refractivity contribution in [3.8, 4) is 0 Å². The van der Waals surface area contributed by atoms with Gasteiger partial charge in [0.1, 0.15) is 5.82 Å². The number of hydrogen-bond donors (Lipinski definition) is 2. The summed E-state index contributed by atoms with van der Waals surface area (Å²) in [4.78, 5) is 16.2. The second-order valence-corrected chi connectivity index (χ2v) is 4.76. The number of carbonyl (C=O) groups excluding carboxylic acids is 1. The summed E-state index contributed by atoms with van der Waals surface area (Å²) in [5, 5.41) is 6.10. The Morgan fingerprint density at radius 2 is 2.17 bits per heavy atom. The van der Waals surface area contributed by atoms with E-state index in [2.05, 4.69) is 36.4 Å². The van der Waals surface area contributed by atoms with Crippen LogP contribution in [0.2, 0.25) is 0 Å². The largest absolute Gasteiger partial charge is 0.369 e. The topological polar surface area (TPSA) is 54.0 Å². The van der Waals surface area contributed by atoms with Gasteiger partial charge in [0.2, 0.25) is 0 Å². The molecule has 18 heavy (non-hydrogen) atoms. The number of anilines is 1. The van der Waals surface area contributed by atoms with Gasteiger partial charge < -0.3 is 10.6 Å². The summed E-state index contributed by atoms with van der Waals surface area (Å²) in [6.07, 6.45) is 3.69. The van der Waals surface area contributed by atoms with Crippen LogP contribution in [-0.4, -0.2) is 24.0 Å². The minimum Gasteiger partial charge on any atom is -0.369 e. The molecule has 0 spiro atoms. The highest BCUT2D eigenvalue weighted by atomic mass is 16.1. The molecule has 0 fully saturated rings. The normalized spacial score (nSPS) is 10.4. The van der Waals surface area contributed by atoms with Crippen LogP contribution in [0, 0.1) is 5.92 Å². The van der Waals surface area contributed by atoms with Crippen LogP contribution in [0.3, 0.4) is 0 Å². The predicted molar refractivity (Wildman–Crippen MR) is 74.8 cm³/mol. The molecule has 1 aromatic heterocycles. The number of aromatic nitrogens is 1. The predicted octanol–water partition coefficient (Wildman–Crippen LogP) is 2.68. The van der Waals surface area contributed by atoms with Crippen molar-refractivity contribution in [1.82, 2.24) is 10.3 Å². The summed E-state index contributed by atoms with van der Waals surface area (Å²) in [6.45, 7) is 7.90. The third-order valence-electron chi connectivity index (χ3n) is 2.60. The number of hydrogen-bond acceptors (Lipinski definition) is 3. The second-order valence-electron chi connectivity index (χ2n) is 4.76. The fourth-order valence-corrected chi connectivity index (χ4v) is 1.54. The molecule has 0 atom stereocenters. The van der Waals surface area contributed by atoms with Gasteiger partial charge >= 0.3 is 0 Å². The van der Waals surface area contributed by atoms with Gasteiger partial charge in [-0.2, -0.15) is 0 Å². The molecule has 1 aromatic rings. The number of pyridine rings is 1. The van der Waals surface area contributed by atoms with Gasteiger partial charge in [0.25, 0.3) is 5.91 Å². The van der Waals surface area contributed by atoms with Gasteiger partial charge in [-0.1, -0.05) is 20.8 Å². The highest BCUT2D eigenvalue weighted by molar-refractivity contribution is 5.98. The Balaban J connectivity index is 2.60. The summed E-state index contributed by atoms with van der Waals surface area (Å²) in [6, 6.07) is 3.59. The van der Waals surface area contributed by atoms with E-state index in [1.807, 2.05) is 0 Å². The Morgan fingerprint density at radius 3 is 2.83 bits per heavy atom. The van der Waals surface area contributed by atoms with E-state index in [1.54, 1.807) is 18.3 Å². The van der Waals surface area contributed by atoms with E-state index in [4.69, 9.17) is 0 Å². The lowest BCUT2D eigenvalue weighted by Crippen LogP contribution is -2.26. The Hall–Kier alpha value is -1.58. The van der Waals surface area contributed by atoms with Crippen LogP contribution in [0.1, 0.15) is 44.0 Å². The lowest BCUT2D eigenvalue weighted by atomic mass is 10.1. The first-order chi connectivity index (χ1) is 8.65. The third kappa shape index (κ3) is 4.73. The monoisotopic (exact) mass is 249 g/mol. The second kappa shape index (κ2) is 7.69. The van der Waals surface area contributed by atoms with Gasteiger partial charge in [0.15, 0.2) is 0 Å². The third-order valence-corrected chi connectivity index (χ3v) is 2.60. The van der Waals surface area contributed by atoms with Crippen molar-refractivity contribution in [1.29, 1.82) is 0 Å². The molecular formula is C14H23N3O. The number of nitrogens with one attached hydrogen (secondary N) is 2. The van der Waals surface area contributed by atoms with Crippen molar-refractivity contribution in [2.45, 2.75) is 33.6 Å². The molecule has 0 aromatic carbocycles. The number of amides is 1. The lowest BCUT2D eigenvalue weighted by Gasteiger charge is -2.11. The van der Waals surface area contributed by atoms with E-state index in [9.17, 15) is 4.79 Å². The van der Waals surface area contributed by atoms with Gasteiger partial charge in [0.05, 0.1) is 5.56 Å². The quantitative estimate of drug-likeness (QED) is 0.781. The highest BCUT2D eigenvalue weighted by Gasteiger charge is 2.11. The molecule has 4 heteroatoms. The van der Waals surface area contributed by atoms with E-state index in [0.717, 1.165) is 19.4 Å². The molecule has 4 nitrogen and oxygen atoms in total. The molecule has 0 bridgehead atoms. The van der Waals surface area contributed by atoms with Gasteiger partial charge in [0, 0.05) is 19.3 Å². The Bertz CT molecular complexity index is 377. The maximum Gasteiger partial charge on any atom is 0.255 e. The van der Waals surface area contributed by atoms with Crippen molar-refractivity contribution in [3.63, 3.8) is 0 Å². The first-order valence-electron chi connectivity index (χ1n) is 6.62. The van der Waals surface area contributed by atoms with E-state index >= 15 is 0 Å². The van der Waals surface area contributed by atoms with Crippen molar-refractivity contribution in [2.24, 2.45) is 5.92 Å². The van der Waals surface area contributed by atoms with E-state index in [0.29, 0.717) is 23.8 Å². The van der Waals surface area contributed by atoms with Crippen LogP contribution in [0.25, 0.3) is 0 Å². The van der Waals surface area contributed by atoms with Crippen LogP contribution in [0.15, 0.2) is 18.3 Å². The zero-order chi connectivity index (χ0) is 13.4. The minimum absolute atomic E-state index is 0.0534.